The van der Waals surface area contributed by atoms with Crippen LogP contribution in [0.4, 0.5) is 5.69 Å². The molecule has 26 heavy (non-hydrogen) atoms. The molecule has 1 saturated heterocycles. The summed E-state index contributed by atoms with van der Waals surface area (Å²) in [5.41, 5.74) is 2.41. The lowest BCUT2D eigenvalue weighted by Gasteiger charge is -2.37. The molecular formula is C18H15N3O5. The van der Waals surface area contributed by atoms with Gasteiger partial charge >= 0.3 is 0 Å². The number of amides is 3. The maximum atomic E-state index is 12.8. The van der Waals surface area contributed by atoms with Crippen molar-refractivity contribution in [3.63, 3.8) is 0 Å². The number of imide groups is 1. The molecule has 3 amide bonds. The van der Waals surface area contributed by atoms with E-state index in [9.17, 15) is 24.5 Å². The van der Waals surface area contributed by atoms with E-state index >= 15 is 0 Å². The molecule has 0 spiro atoms. The highest BCUT2D eigenvalue weighted by Crippen LogP contribution is 2.65. The van der Waals surface area contributed by atoms with Crippen LogP contribution in [-0.2, 0) is 9.59 Å². The first-order chi connectivity index (χ1) is 12.5. The van der Waals surface area contributed by atoms with Crippen LogP contribution in [-0.4, -0.2) is 27.7 Å². The van der Waals surface area contributed by atoms with Crippen molar-refractivity contribution in [3.05, 3.63) is 52.1 Å². The summed E-state index contributed by atoms with van der Waals surface area (Å²) in [5, 5.41) is 11.5. The summed E-state index contributed by atoms with van der Waals surface area (Å²) < 4.78 is 0. The third kappa shape index (κ3) is 1.92. The molecule has 132 valence electrons. The number of carbonyl (C=O) groups excluding carboxylic acids is 3. The van der Waals surface area contributed by atoms with Crippen LogP contribution in [0, 0.1) is 45.6 Å². The minimum atomic E-state index is -0.634. The predicted octanol–water partition coefficient (Wildman–Crippen LogP) is 1.29. The number of non-ortho nitro benzene ring substituents is 1. The molecule has 6 rings (SSSR count). The predicted molar refractivity (Wildman–Crippen MR) is 87.1 cm³/mol. The Bertz CT molecular complexity index is 857. The number of nitro benzene ring substituents is 1. The van der Waals surface area contributed by atoms with Gasteiger partial charge in [-0.25, -0.2) is 0 Å². The Kier molecular flexibility index (Phi) is 2.93. The first kappa shape index (κ1) is 15.2. The van der Waals surface area contributed by atoms with Crippen molar-refractivity contribution in [2.24, 2.45) is 35.5 Å². The summed E-state index contributed by atoms with van der Waals surface area (Å²) in [5.74, 6) is -0.912. The third-order valence-electron chi connectivity index (χ3n) is 6.22. The molecule has 8 nitrogen and oxygen atoms in total. The molecule has 0 aromatic heterocycles. The standard InChI is InChI=1S/C18H15N3O5/c22-16(8-1-3-9(4-2-8)21(25)26)19-20-17(23)14-10-5-6-11(13-7-12(10)13)15(14)18(20)24/h1-6,10-15H,7H2,(H,19,22)/t10-,11-,12-,13+,14+,15+/m0/s1. The molecule has 1 heterocycles. The van der Waals surface area contributed by atoms with E-state index in [1.54, 1.807) is 0 Å². The van der Waals surface area contributed by atoms with Crippen molar-refractivity contribution >= 4 is 23.4 Å². The van der Waals surface area contributed by atoms with Gasteiger partial charge < -0.3 is 0 Å². The van der Waals surface area contributed by atoms with Gasteiger partial charge in [-0.15, -0.1) is 0 Å². The first-order valence-corrected chi connectivity index (χ1v) is 8.59. The maximum Gasteiger partial charge on any atom is 0.270 e. The summed E-state index contributed by atoms with van der Waals surface area (Å²) >= 11 is 0. The molecule has 8 heteroatoms. The van der Waals surface area contributed by atoms with Crippen LogP contribution in [0.2, 0.25) is 0 Å². The van der Waals surface area contributed by atoms with Gasteiger partial charge in [0.25, 0.3) is 23.4 Å². The Morgan fingerprint density at radius 3 is 2.08 bits per heavy atom. The van der Waals surface area contributed by atoms with Crippen molar-refractivity contribution in [3.8, 4) is 0 Å². The fourth-order valence-corrected chi connectivity index (χ4v) is 4.97. The summed E-state index contributed by atoms with van der Waals surface area (Å²) in [6.07, 6.45) is 5.20. The van der Waals surface area contributed by atoms with Gasteiger partial charge in [0.2, 0.25) is 0 Å². The molecule has 4 aliphatic carbocycles. The molecule has 5 aliphatic rings. The first-order valence-electron chi connectivity index (χ1n) is 8.59. The smallest absolute Gasteiger partial charge is 0.270 e. The molecule has 1 aromatic carbocycles. The Balaban J connectivity index is 1.37. The number of nitrogens with one attached hydrogen (secondary N) is 1. The fraction of sp³-hybridized carbons (Fsp3) is 0.389. The molecule has 2 bridgehead atoms. The summed E-state index contributed by atoms with van der Waals surface area (Å²) in [6, 6.07) is 5.01. The van der Waals surface area contributed by atoms with E-state index in [1.165, 1.54) is 24.3 Å². The maximum absolute atomic E-state index is 12.8. The third-order valence-corrected chi connectivity index (χ3v) is 6.22. The van der Waals surface area contributed by atoms with Crippen LogP contribution in [0.25, 0.3) is 0 Å². The zero-order valence-corrected chi connectivity index (χ0v) is 13.6. The second-order valence-corrected chi connectivity index (χ2v) is 7.41. The van der Waals surface area contributed by atoms with Crippen LogP contribution in [0.1, 0.15) is 16.8 Å². The minimum Gasteiger partial charge on any atom is -0.272 e. The van der Waals surface area contributed by atoms with E-state index in [-0.39, 0.29) is 46.7 Å². The van der Waals surface area contributed by atoms with Gasteiger partial charge in [-0.05, 0) is 42.2 Å². The topological polar surface area (TPSA) is 110 Å². The lowest BCUT2D eigenvalue weighted by Crippen LogP contribution is -2.46. The molecular weight excluding hydrogens is 338 g/mol. The van der Waals surface area contributed by atoms with Gasteiger partial charge in [-0.1, -0.05) is 12.2 Å². The number of nitrogens with zero attached hydrogens (tertiary/aromatic N) is 2. The Hall–Kier alpha value is -3.03. The van der Waals surface area contributed by atoms with Crippen LogP contribution in [0.3, 0.4) is 0 Å². The van der Waals surface area contributed by atoms with E-state index < -0.39 is 10.8 Å². The zero-order chi connectivity index (χ0) is 18.2. The average Bonchev–Trinajstić information content (AvgIpc) is 3.43. The Morgan fingerprint density at radius 1 is 1.04 bits per heavy atom. The van der Waals surface area contributed by atoms with E-state index in [1.807, 2.05) is 0 Å². The minimum absolute atomic E-state index is 0.0905. The van der Waals surface area contributed by atoms with Crippen molar-refractivity contribution in [2.75, 3.05) is 0 Å². The molecule has 3 fully saturated rings. The number of nitro groups is 1. The van der Waals surface area contributed by atoms with Gasteiger partial charge in [0.05, 0.1) is 16.8 Å². The molecule has 1 aliphatic heterocycles. The number of hydrazine groups is 1. The second-order valence-electron chi connectivity index (χ2n) is 7.41. The normalized spacial score (nSPS) is 35.9. The lowest BCUT2D eigenvalue weighted by atomic mass is 9.63. The number of hydrogen-bond donors (Lipinski definition) is 1. The quantitative estimate of drug-likeness (QED) is 0.381. The highest BCUT2D eigenvalue weighted by molar-refractivity contribution is 6.08. The number of rotatable bonds is 3. The zero-order valence-electron chi connectivity index (χ0n) is 13.6. The largest absolute Gasteiger partial charge is 0.272 e. The number of hydrogen-bond acceptors (Lipinski definition) is 5. The Labute approximate surface area is 148 Å². The van der Waals surface area contributed by atoms with Gasteiger partial charge in [0.15, 0.2) is 0 Å². The molecule has 0 unspecified atom stereocenters. The second kappa shape index (κ2) is 5.00. The number of carbonyl (C=O) groups is 3. The lowest BCUT2D eigenvalue weighted by molar-refractivity contribution is -0.384. The summed E-state index contributed by atoms with van der Waals surface area (Å²) in [6.45, 7) is 0. The highest BCUT2D eigenvalue weighted by atomic mass is 16.6. The van der Waals surface area contributed by atoms with E-state index in [0.717, 1.165) is 11.4 Å². The molecule has 2 saturated carbocycles. The fourth-order valence-electron chi connectivity index (χ4n) is 4.97. The molecule has 0 radical (unpaired) electrons. The summed E-state index contributed by atoms with van der Waals surface area (Å²) in [4.78, 5) is 48.1. The van der Waals surface area contributed by atoms with E-state index in [2.05, 4.69) is 17.6 Å². The van der Waals surface area contributed by atoms with Crippen LogP contribution < -0.4 is 5.43 Å². The molecule has 1 N–H and O–H groups in total. The van der Waals surface area contributed by atoms with Gasteiger partial charge in [-0.2, -0.15) is 5.01 Å². The monoisotopic (exact) mass is 353 g/mol. The van der Waals surface area contributed by atoms with Crippen molar-refractivity contribution in [2.45, 2.75) is 6.42 Å². The van der Waals surface area contributed by atoms with Gasteiger partial charge in [0, 0.05) is 17.7 Å². The number of benzene rings is 1. The van der Waals surface area contributed by atoms with E-state index in [4.69, 9.17) is 0 Å². The SMILES string of the molecule is O=C(NN1C(=O)[C@@H]2[C@H]3C=C[C@@H]([C@@H]4C[C@H]34)[C@H]2C1=O)c1ccc([N+](=O)[O-])cc1. The van der Waals surface area contributed by atoms with Crippen molar-refractivity contribution in [1.82, 2.24) is 10.4 Å². The molecule has 1 aromatic rings. The highest BCUT2D eigenvalue weighted by Gasteiger charge is 2.67. The van der Waals surface area contributed by atoms with Crippen LogP contribution >= 0.6 is 0 Å². The van der Waals surface area contributed by atoms with Crippen molar-refractivity contribution < 1.29 is 19.3 Å². The van der Waals surface area contributed by atoms with Crippen molar-refractivity contribution in [1.29, 1.82) is 0 Å². The Morgan fingerprint density at radius 2 is 1.58 bits per heavy atom. The number of allylic oxidation sites excluding steroid dienone is 2. The molecule has 6 atom stereocenters. The summed E-state index contributed by atoms with van der Waals surface area (Å²) in [7, 11) is 0. The van der Waals surface area contributed by atoms with Gasteiger partial charge in [0.1, 0.15) is 0 Å². The van der Waals surface area contributed by atoms with E-state index in [0.29, 0.717) is 11.8 Å². The van der Waals surface area contributed by atoms with Gasteiger partial charge in [-0.3, -0.25) is 29.9 Å². The van der Waals surface area contributed by atoms with Crippen LogP contribution in [0.5, 0.6) is 0 Å². The average molecular weight is 353 g/mol. The van der Waals surface area contributed by atoms with Crippen LogP contribution in [0.15, 0.2) is 36.4 Å².